The molecule has 0 saturated carbocycles. The van der Waals surface area contributed by atoms with Crippen LogP contribution in [0.2, 0.25) is 5.02 Å². The monoisotopic (exact) mass is 474 g/mol. The second kappa shape index (κ2) is 9.54. The Kier molecular flexibility index (Phi) is 6.85. The van der Waals surface area contributed by atoms with Gasteiger partial charge in [0.15, 0.2) is 12.4 Å². The number of hydrogen-bond donors (Lipinski definition) is 1. The molecule has 0 unspecified atom stereocenters. The Labute approximate surface area is 180 Å². The van der Waals surface area contributed by atoms with Crippen LogP contribution < -0.4 is 10.1 Å². The van der Waals surface area contributed by atoms with Gasteiger partial charge in [0.25, 0.3) is 5.91 Å². The number of nitrogens with zero attached hydrogens (tertiary/aromatic N) is 1. The normalized spacial score (nSPS) is 11.5. The van der Waals surface area contributed by atoms with Crippen molar-refractivity contribution in [3.63, 3.8) is 0 Å². The highest BCUT2D eigenvalue weighted by Gasteiger charge is 2.21. The average molecular weight is 476 g/mol. The molecule has 0 radical (unpaired) electrons. The molecule has 1 amide bonds. The molecule has 8 heteroatoms. The number of amides is 1. The summed E-state index contributed by atoms with van der Waals surface area (Å²) in [5.74, 6) is -0.439. The van der Waals surface area contributed by atoms with E-state index >= 15 is 0 Å². The van der Waals surface area contributed by atoms with Crippen molar-refractivity contribution < 1.29 is 14.5 Å². The molecule has 0 aliphatic carbocycles. The fraction of sp³-hybridized carbons (Fsp3) is 0.0952. The Bertz CT molecular complexity index is 1030. The molecule has 148 valence electrons. The minimum Gasteiger partial charge on any atom is -0.477 e. The number of nitro benzene ring substituents is 1. The molecule has 29 heavy (non-hydrogen) atoms. The van der Waals surface area contributed by atoms with E-state index in [1.165, 1.54) is 18.2 Å². The summed E-state index contributed by atoms with van der Waals surface area (Å²) < 4.78 is 6.24. The van der Waals surface area contributed by atoms with E-state index in [0.717, 1.165) is 15.6 Å². The molecule has 0 spiro atoms. The zero-order chi connectivity index (χ0) is 20.8. The number of halogens is 2. The zero-order valence-corrected chi connectivity index (χ0v) is 17.4. The van der Waals surface area contributed by atoms with Crippen LogP contribution in [-0.2, 0) is 4.79 Å². The Morgan fingerprint density at radius 3 is 2.48 bits per heavy atom. The summed E-state index contributed by atoms with van der Waals surface area (Å²) in [7, 11) is 0. The first-order chi connectivity index (χ1) is 14.0. The van der Waals surface area contributed by atoms with Gasteiger partial charge in [0.2, 0.25) is 0 Å². The van der Waals surface area contributed by atoms with E-state index < -0.39 is 16.9 Å². The quantitative estimate of drug-likeness (QED) is 0.372. The highest BCUT2D eigenvalue weighted by Crippen LogP contribution is 2.31. The van der Waals surface area contributed by atoms with Gasteiger partial charge in [0.1, 0.15) is 0 Å². The fourth-order valence-electron chi connectivity index (χ4n) is 2.80. The van der Waals surface area contributed by atoms with Gasteiger partial charge in [-0.25, -0.2) is 0 Å². The molecule has 6 nitrogen and oxygen atoms in total. The van der Waals surface area contributed by atoms with Crippen LogP contribution in [0.25, 0.3) is 0 Å². The number of rotatable bonds is 7. The minimum absolute atomic E-state index is 0.0216. The molecule has 3 rings (SSSR count). The maximum atomic E-state index is 12.6. The smallest absolute Gasteiger partial charge is 0.312 e. The molecule has 3 aromatic rings. The lowest BCUT2D eigenvalue weighted by Crippen LogP contribution is -2.33. The fourth-order valence-corrected chi connectivity index (χ4v) is 3.48. The average Bonchev–Trinajstić information content (AvgIpc) is 2.72. The minimum atomic E-state index is -0.604. The Morgan fingerprint density at radius 1 is 1.10 bits per heavy atom. The van der Waals surface area contributed by atoms with E-state index in [1.807, 2.05) is 54.6 Å². The lowest BCUT2D eigenvalue weighted by molar-refractivity contribution is -0.385. The summed E-state index contributed by atoms with van der Waals surface area (Å²) in [6.45, 7) is -0.379. The Balaban J connectivity index is 1.78. The summed E-state index contributed by atoms with van der Waals surface area (Å²) in [5, 5.41) is 14.3. The van der Waals surface area contributed by atoms with Crippen molar-refractivity contribution in [2.45, 2.75) is 6.04 Å². The first-order valence-corrected chi connectivity index (χ1v) is 9.78. The summed E-state index contributed by atoms with van der Waals surface area (Å²) in [6, 6.07) is 20.7. The van der Waals surface area contributed by atoms with Crippen LogP contribution in [0.5, 0.6) is 5.75 Å². The summed E-state index contributed by atoms with van der Waals surface area (Å²) >= 11 is 9.32. The van der Waals surface area contributed by atoms with E-state index in [0.29, 0.717) is 0 Å². The van der Waals surface area contributed by atoms with Crippen molar-refractivity contribution in [1.29, 1.82) is 0 Å². The van der Waals surface area contributed by atoms with Gasteiger partial charge in [-0.05, 0) is 29.3 Å². The molecule has 3 aromatic carbocycles. The largest absolute Gasteiger partial charge is 0.477 e. The van der Waals surface area contributed by atoms with E-state index in [2.05, 4.69) is 21.2 Å². The maximum Gasteiger partial charge on any atom is 0.312 e. The molecule has 0 aliphatic rings. The lowest BCUT2D eigenvalue weighted by atomic mass is 9.99. The van der Waals surface area contributed by atoms with Crippen LogP contribution in [0.4, 0.5) is 5.69 Å². The second-order valence-corrected chi connectivity index (χ2v) is 7.38. The van der Waals surface area contributed by atoms with Crippen LogP contribution >= 0.6 is 27.5 Å². The van der Waals surface area contributed by atoms with Crippen molar-refractivity contribution in [3.05, 3.63) is 104 Å². The Morgan fingerprint density at radius 2 is 1.79 bits per heavy atom. The SMILES string of the molecule is O=C(COc1ccc(Cl)cc1[N+](=O)[O-])N[C@@H](c1ccccc1)c1ccccc1Br. The van der Waals surface area contributed by atoms with E-state index in [1.54, 1.807) is 0 Å². The third-order valence-electron chi connectivity index (χ3n) is 4.13. The van der Waals surface area contributed by atoms with Gasteiger partial charge >= 0.3 is 5.69 Å². The number of hydrogen-bond acceptors (Lipinski definition) is 4. The first kappa shape index (κ1) is 20.8. The number of ether oxygens (including phenoxy) is 1. The zero-order valence-electron chi connectivity index (χ0n) is 15.0. The number of benzene rings is 3. The summed E-state index contributed by atoms with van der Waals surface area (Å²) in [4.78, 5) is 23.1. The predicted octanol–water partition coefficient (Wildman–Crippen LogP) is 5.30. The molecule has 1 atom stereocenters. The van der Waals surface area contributed by atoms with Gasteiger partial charge in [-0.3, -0.25) is 14.9 Å². The summed E-state index contributed by atoms with van der Waals surface area (Å²) in [5.41, 5.74) is 1.48. The highest BCUT2D eigenvalue weighted by atomic mass is 79.9. The first-order valence-electron chi connectivity index (χ1n) is 8.61. The topological polar surface area (TPSA) is 81.5 Å². The molecule has 0 fully saturated rings. The van der Waals surface area contributed by atoms with Crippen LogP contribution in [0, 0.1) is 10.1 Å². The van der Waals surface area contributed by atoms with Crippen molar-refractivity contribution in [1.82, 2.24) is 5.32 Å². The molecule has 0 bridgehead atoms. The number of nitro groups is 1. The van der Waals surface area contributed by atoms with Gasteiger partial charge in [-0.1, -0.05) is 76.1 Å². The van der Waals surface area contributed by atoms with Crippen molar-refractivity contribution in [2.24, 2.45) is 0 Å². The molecule has 0 aromatic heterocycles. The maximum absolute atomic E-state index is 12.6. The highest BCUT2D eigenvalue weighted by molar-refractivity contribution is 9.10. The molecular formula is C21H16BrClN2O4. The van der Waals surface area contributed by atoms with Crippen LogP contribution in [-0.4, -0.2) is 17.4 Å². The van der Waals surface area contributed by atoms with E-state index in [9.17, 15) is 14.9 Å². The van der Waals surface area contributed by atoms with Gasteiger partial charge in [0.05, 0.1) is 11.0 Å². The summed E-state index contributed by atoms with van der Waals surface area (Å²) in [6.07, 6.45) is 0. The van der Waals surface area contributed by atoms with Crippen molar-refractivity contribution in [2.75, 3.05) is 6.61 Å². The van der Waals surface area contributed by atoms with Gasteiger partial charge in [-0.2, -0.15) is 0 Å². The van der Waals surface area contributed by atoms with Gasteiger partial charge in [0, 0.05) is 15.6 Å². The van der Waals surface area contributed by atoms with E-state index in [4.69, 9.17) is 16.3 Å². The number of carbonyl (C=O) groups is 1. The molecule has 0 aliphatic heterocycles. The third kappa shape index (κ3) is 5.34. The predicted molar refractivity (Wildman–Crippen MR) is 114 cm³/mol. The van der Waals surface area contributed by atoms with Gasteiger partial charge < -0.3 is 10.1 Å². The number of carbonyl (C=O) groups excluding carboxylic acids is 1. The van der Waals surface area contributed by atoms with Crippen molar-refractivity contribution >= 4 is 39.1 Å². The standard InChI is InChI=1S/C21H16BrClN2O4/c22-17-9-5-4-8-16(17)21(14-6-2-1-3-7-14)24-20(26)13-29-19-11-10-15(23)12-18(19)25(27)28/h1-12,21H,13H2,(H,24,26)/t21-/m0/s1. The van der Waals surface area contributed by atoms with Crippen LogP contribution in [0.3, 0.4) is 0 Å². The molecule has 0 heterocycles. The van der Waals surface area contributed by atoms with Gasteiger partial charge in [-0.15, -0.1) is 0 Å². The van der Waals surface area contributed by atoms with E-state index in [-0.39, 0.29) is 23.1 Å². The van der Waals surface area contributed by atoms with Crippen LogP contribution in [0.15, 0.2) is 77.3 Å². The second-order valence-electron chi connectivity index (χ2n) is 6.09. The van der Waals surface area contributed by atoms with Crippen molar-refractivity contribution in [3.8, 4) is 5.75 Å². The molecule has 1 N–H and O–H groups in total. The number of nitrogens with one attached hydrogen (secondary N) is 1. The third-order valence-corrected chi connectivity index (χ3v) is 5.09. The van der Waals surface area contributed by atoms with Crippen LogP contribution in [0.1, 0.15) is 17.2 Å². The Hall–Kier alpha value is -2.90. The molecule has 0 saturated heterocycles. The molecular weight excluding hydrogens is 460 g/mol. The lowest BCUT2D eigenvalue weighted by Gasteiger charge is -2.21.